The van der Waals surface area contributed by atoms with E-state index in [0.717, 1.165) is 6.07 Å². The normalized spacial score (nSPS) is 11.6. The summed E-state index contributed by atoms with van der Waals surface area (Å²) in [6, 6.07) is 3.54. The van der Waals surface area contributed by atoms with Crippen molar-refractivity contribution in [1.82, 2.24) is 24.4 Å². The lowest BCUT2D eigenvalue weighted by atomic mass is 10.1. The van der Waals surface area contributed by atoms with Crippen molar-refractivity contribution in [2.45, 2.75) is 16.2 Å². The van der Waals surface area contributed by atoms with Crippen LogP contribution in [0.4, 0.5) is 18.9 Å². The van der Waals surface area contributed by atoms with Crippen LogP contribution in [0.15, 0.2) is 40.6 Å². The number of halogens is 3. The summed E-state index contributed by atoms with van der Waals surface area (Å²) in [7, 11) is 1.59. The number of imidazole rings is 1. The molecule has 0 fully saturated rings. The SMILES string of the molecule is Cn1ccnc1C(=O)c1ccc(Sc2nnc(C(F)(F)F)n2N)c([N+](=O)[O-])c1. The van der Waals surface area contributed by atoms with E-state index in [1.165, 1.54) is 29.1 Å². The van der Waals surface area contributed by atoms with Crippen molar-refractivity contribution in [3.8, 4) is 0 Å². The molecular formula is C14H10F3N7O3S. The maximum absolute atomic E-state index is 12.8. The summed E-state index contributed by atoms with van der Waals surface area (Å²) in [6.07, 6.45) is -1.89. The molecule has 0 radical (unpaired) electrons. The average molecular weight is 413 g/mol. The number of nitrogens with two attached hydrogens (primary N) is 1. The maximum atomic E-state index is 12.8. The Morgan fingerprint density at radius 2 is 2.04 bits per heavy atom. The molecule has 28 heavy (non-hydrogen) atoms. The third kappa shape index (κ3) is 3.53. The van der Waals surface area contributed by atoms with Crippen LogP contribution in [-0.4, -0.2) is 35.1 Å². The minimum absolute atomic E-state index is 0.00412. The summed E-state index contributed by atoms with van der Waals surface area (Å²) in [6.45, 7) is 0. The molecule has 2 heterocycles. The van der Waals surface area contributed by atoms with E-state index in [9.17, 15) is 28.1 Å². The van der Waals surface area contributed by atoms with Gasteiger partial charge in [0.05, 0.1) is 9.82 Å². The maximum Gasteiger partial charge on any atom is 0.453 e. The number of carbonyl (C=O) groups excluding carboxylic acids is 1. The highest BCUT2D eigenvalue weighted by Crippen LogP contribution is 2.36. The molecule has 3 rings (SSSR count). The molecule has 0 saturated carbocycles. The van der Waals surface area contributed by atoms with E-state index in [1.807, 2.05) is 0 Å². The molecule has 0 amide bonds. The Balaban J connectivity index is 1.97. The first-order chi connectivity index (χ1) is 13.1. The number of rotatable bonds is 5. The van der Waals surface area contributed by atoms with Crippen LogP contribution in [0.3, 0.4) is 0 Å². The second kappa shape index (κ2) is 6.95. The lowest BCUT2D eigenvalue weighted by Crippen LogP contribution is -2.21. The second-order valence-corrected chi connectivity index (χ2v) is 6.42. The summed E-state index contributed by atoms with van der Waals surface area (Å²) in [5.41, 5.74) is -0.503. The van der Waals surface area contributed by atoms with Gasteiger partial charge in [-0.05, 0) is 23.9 Å². The number of nitrogens with zero attached hydrogens (tertiary/aromatic N) is 6. The number of nitro groups is 1. The van der Waals surface area contributed by atoms with Gasteiger partial charge in [0.25, 0.3) is 11.5 Å². The number of aromatic nitrogens is 5. The minimum atomic E-state index is -4.83. The van der Waals surface area contributed by atoms with E-state index >= 15 is 0 Å². The van der Waals surface area contributed by atoms with Crippen molar-refractivity contribution in [1.29, 1.82) is 0 Å². The van der Waals surface area contributed by atoms with Gasteiger partial charge in [-0.3, -0.25) is 14.9 Å². The summed E-state index contributed by atoms with van der Waals surface area (Å²) >= 11 is 0.518. The van der Waals surface area contributed by atoms with Crippen LogP contribution >= 0.6 is 11.8 Å². The van der Waals surface area contributed by atoms with Crippen molar-refractivity contribution in [3.05, 3.63) is 57.9 Å². The van der Waals surface area contributed by atoms with E-state index in [1.54, 1.807) is 7.05 Å². The third-order valence-corrected chi connectivity index (χ3v) is 4.59. The molecule has 0 atom stereocenters. The van der Waals surface area contributed by atoms with Crippen molar-refractivity contribution in [3.63, 3.8) is 0 Å². The summed E-state index contributed by atoms with van der Waals surface area (Å²) in [5.74, 6) is 3.42. The molecular weight excluding hydrogens is 403 g/mol. The summed E-state index contributed by atoms with van der Waals surface area (Å²) < 4.78 is 39.9. The van der Waals surface area contributed by atoms with Gasteiger partial charge >= 0.3 is 6.18 Å². The first kappa shape index (κ1) is 19.3. The van der Waals surface area contributed by atoms with Crippen LogP contribution in [-0.2, 0) is 13.2 Å². The number of nitrogen functional groups attached to an aromatic ring is 1. The van der Waals surface area contributed by atoms with Crippen molar-refractivity contribution < 1.29 is 22.9 Å². The largest absolute Gasteiger partial charge is 0.453 e. The fourth-order valence-corrected chi connectivity index (χ4v) is 3.08. The zero-order valence-corrected chi connectivity index (χ0v) is 14.7. The molecule has 0 saturated heterocycles. The molecule has 10 nitrogen and oxygen atoms in total. The van der Waals surface area contributed by atoms with Crippen LogP contribution < -0.4 is 5.84 Å². The van der Waals surface area contributed by atoms with Gasteiger partial charge in [-0.1, -0.05) is 0 Å². The quantitative estimate of drug-likeness (QED) is 0.291. The van der Waals surface area contributed by atoms with Gasteiger partial charge in [-0.25, -0.2) is 9.66 Å². The molecule has 1 aromatic carbocycles. The number of nitro benzene ring substituents is 1. The zero-order valence-electron chi connectivity index (χ0n) is 13.9. The zero-order chi connectivity index (χ0) is 20.6. The van der Waals surface area contributed by atoms with Crippen LogP contribution in [0, 0.1) is 10.1 Å². The number of hydrogen-bond donors (Lipinski definition) is 1. The molecule has 0 spiro atoms. The van der Waals surface area contributed by atoms with Gasteiger partial charge < -0.3 is 10.4 Å². The Labute approximate surface area is 158 Å². The Morgan fingerprint density at radius 3 is 2.57 bits per heavy atom. The topological polar surface area (TPSA) is 135 Å². The molecule has 2 aromatic heterocycles. The van der Waals surface area contributed by atoms with E-state index < -0.39 is 33.6 Å². The van der Waals surface area contributed by atoms with Crippen molar-refractivity contribution in [2.75, 3.05) is 5.84 Å². The van der Waals surface area contributed by atoms with E-state index in [-0.39, 0.29) is 21.0 Å². The van der Waals surface area contributed by atoms with Gasteiger partial charge in [-0.15, -0.1) is 10.2 Å². The van der Waals surface area contributed by atoms with Gasteiger partial charge in [0.2, 0.25) is 10.9 Å². The molecule has 0 aliphatic carbocycles. The number of carbonyl (C=O) groups is 1. The predicted octanol–water partition coefficient (Wildman–Crippen LogP) is 2.03. The number of aryl methyl sites for hydroxylation is 1. The smallest absolute Gasteiger partial charge is 0.335 e. The van der Waals surface area contributed by atoms with Crippen LogP contribution in [0.25, 0.3) is 0 Å². The minimum Gasteiger partial charge on any atom is -0.335 e. The van der Waals surface area contributed by atoms with E-state index in [2.05, 4.69) is 15.2 Å². The fraction of sp³-hybridized carbons (Fsp3) is 0.143. The van der Waals surface area contributed by atoms with Crippen LogP contribution in [0.2, 0.25) is 0 Å². The van der Waals surface area contributed by atoms with Crippen LogP contribution in [0.1, 0.15) is 22.0 Å². The Bertz CT molecular complexity index is 1080. The molecule has 0 aliphatic rings. The van der Waals surface area contributed by atoms with Crippen molar-refractivity contribution >= 4 is 23.2 Å². The van der Waals surface area contributed by atoms with Gasteiger partial charge in [0, 0.05) is 31.1 Å². The Hall–Kier alpha value is -3.42. The number of benzene rings is 1. The lowest BCUT2D eigenvalue weighted by Gasteiger charge is -2.07. The Morgan fingerprint density at radius 1 is 1.32 bits per heavy atom. The highest BCUT2D eigenvalue weighted by Gasteiger charge is 2.38. The summed E-state index contributed by atoms with van der Waals surface area (Å²) in [5, 5.41) is 17.3. The van der Waals surface area contributed by atoms with E-state index in [0.29, 0.717) is 11.8 Å². The standard InChI is InChI=1S/C14H10F3N7O3S/c1-22-5-4-19-11(22)10(25)7-2-3-9(8(6-7)24(26)27)28-13-21-20-12(23(13)18)14(15,16)17/h2-6H,18H2,1H3. The van der Waals surface area contributed by atoms with Crippen molar-refractivity contribution in [2.24, 2.45) is 7.05 Å². The Kier molecular flexibility index (Phi) is 4.80. The predicted molar refractivity (Wildman–Crippen MR) is 89.0 cm³/mol. The highest BCUT2D eigenvalue weighted by atomic mass is 32.2. The molecule has 0 bridgehead atoms. The average Bonchev–Trinajstić information content (AvgIpc) is 3.20. The fourth-order valence-electron chi connectivity index (χ4n) is 2.24. The third-order valence-electron chi connectivity index (χ3n) is 3.56. The molecule has 3 aromatic rings. The first-order valence-corrected chi connectivity index (χ1v) is 8.17. The lowest BCUT2D eigenvalue weighted by molar-refractivity contribution is -0.387. The number of hydrogen-bond acceptors (Lipinski definition) is 8. The first-order valence-electron chi connectivity index (χ1n) is 7.35. The molecule has 146 valence electrons. The van der Waals surface area contributed by atoms with Gasteiger partial charge in [-0.2, -0.15) is 13.2 Å². The second-order valence-electron chi connectivity index (χ2n) is 5.41. The van der Waals surface area contributed by atoms with Crippen LogP contribution in [0.5, 0.6) is 0 Å². The van der Waals surface area contributed by atoms with Gasteiger partial charge in [0.15, 0.2) is 5.82 Å². The summed E-state index contributed by atoms with van der Waals surface area (Å²) in [4.78, 5) is 26.9. The molecule has 0 aliphatic heterocycles. The van der Waals surface area contributed by atoms with Gasteiger partial charge in [0.1, 0.15) is 0 Å². The molecule has 0 unspecified atom stereocenters. The molecule has 2 N–H and O–H groups in total. The molecule has 14 heteroatoms. The number of ketones is 1. The monoisotopic (exact) mass is 413 g/mol. The highest BCUT2D eigenvalue weighted by molar-refractivity contribution is 7.99. The van der Waals surface area contributed by atoms with E-state index in [4.69, 9.17) is 5.84 Å². The number of alkyl halides is 3.